The van der Waals surface area contributed by atoms with Crippen LogP contribution < -0.4 is 11.1 Å². The van der Waals surface area contributed by atoms with Crippen LogP contribution >= 0.6 is 0 Å². The Morgan fingerprint density at radius 2 is 1.79 bits per heavy atom. The van der Waals surface area contributed by atoms with Crippen molar-refractivity contribution in [2.75, 3.05) is 13.1 Å². The van der Waals surface area contributed by atoms with Gasteiger partial charge in [-0.25, -0.2) is 0 Å². The molecule has 0 unspecified atom stereocenters. The average molecular weight is 192 g/mol. The SMILES string of the molecule is NCCCCCNCc1ccccc1. The maximum Gasteiger partial charge on any atom is 0.0205 e. The molecule has 0 amide bonds. The van der Waals surface area contributed by atoms with E-state index in [0.717, 1.165) is 26.1 Å². The summed E-state index contributed by atoms with van der Waals surface area (Å²) in [6.07, 6.45) is 3.61. The van der Waals surface area contributed by atoms with Crippen LogP contribution in [0.15, 0.2) is 30.3 Å². The molecule has 1 aromatic rings. The van der Waals surface area contributed by atoms with Crippen LogP contribution in [0.4, 0.5) is 0 Å². The largest absolute Gasteiger partial charge is 0.330 e. The molecule has 0 saturated heterocycles. The van der Waals surface area contributed by atoms with Gasteiger partial charge in [-0.05, 0) is 31.5 Å². The van der Waals surface area contributed by atoms with E-state index in [1.165, 1.54) is 18.4 Å². The standard InChI is InChI=1S/C12H20N2/c13-9-5-2-6-10-14-11-12-7-3-1-4-8-12/h1,3-4,7-8,14H,2,5-6,9-11,13H2. The zero-order valence-corrected chi connectivity index (χ0v) is 8.71. The Hall–Kier alpha value is -0.860. The van der Waals surface area contributed by atoms with Crippen molar-refractivity contribution in [3.63, 3.8) is 0 Å². The molecule has 0 radical (unpaired) electrons. The molecule has 0 heterocycles. The molecule has 0 aliphatic carbocycles. The summed E-state index contributed by atoms with van der Waals surface area (Å²) >= 11 is 0. The van der Waals surface area contributed by atoms with E-state index in [9.17, 15) is 0 Å². The highest BCUT2D eigenvalue weighted by Gasteiger charge is 1.90. The zero-order valence-electron chi connectivity index (χ0n) is 8.71. The lowest BCUT2D eigenvalue weighted by molar-refractivity contribution is 0.606. The second-order valence-electron chi connectivity index (χ2n) is 3.51. The molecule has 0 atom stereocenters. The van der Waals surface area contributed by atoms with Gasteiger partial charge in [0.15, 0.2) is 0 Å². The number of rotatable bonds is 7. The van der Waals surface area contributed by atoms with Gasteiger partial charge in [-0.1, -0.05) is 36.8 Å². The molecule has 78 valence electrons. The highest BCUT2D eigenvalue weighted by Crippen LogP contribution is 1.97. The average Bonchev–Trinajstić information content (AvgIpc) is 2.25. The third-order valence-electron chi connectivity index (χ3n) is 2.23. The van der Waals surface area contributed by atoms with Crippen molar-refractivity contribution in [2.45, 2.75) is 25.8 Å². The number of unbranched alkanes of at least 4 members (excludes halogenated alkanes) is 2. The van der Waals surface area contributed by atoms with E-state index in [-0.39, 0.29) is 0 Å². The fraction of sp³-hybridized carbons (Fsp3) is 0.500. The van der Waals surface area contributed by atoms with Gasteiger partial charge in [-0.3, -0.25) is 0 Å². The first-order chi connectivity index (χ1) is 6.93. The topological polar surface area (TPSA) is 38.0 Å². The third kappa shape index (κ3) is 5.00. The summed E-state index contributed by atoms with van der Waals surface area (Å²) < 4.78 is 0. The highest BCUT2D eigenvalue weighted by molar-refractivity contribution is 5.14. The van der Waals surface area contributed by atoms with E-state index in [4.69, 9.17) is 5.73 Å². The Morgan fingerprint density at radius 1 is 1.00 bits per heavy atom. The molecule has 1 aromatic carbocycles. The third-order valence-corrected chi connectivity index (χ3v) is 2.23. The van der Waals surface area contributed by atoms with Gasteiger partial charge in [0.25, 0.3) is 0 Å². The monoisotopic (exact) mass is 192 g/mol. The summed E-state index contributed by atoms with van der Waals surface area (Å²) in [5.41, 5.74) is 6.77. The lowest BCUT2D eigenvalue weighted by Gasteiger charge is -2.04. The van der Waals surface area contributed by atoms with Crippen LogP contribution in [0.25, 0.3) is 0 Å². The molecule has 0 spiro atoms. The number of nitrogens with one attached hydrogen (secondary N) is 1. The summed E-state index contributed by atoms with van der Waals surface area (Å²) in [6, 6.07) is 10.5. The number of hydrogen-bond donors (Lipinski definition) is 2. The molecule has 2 heteroatoms. The van der Waals surface area contributed by atoms with Crippen molar-refractivity contribution in [2.24, 2.45) is 5.73 Å². The Kier molecular flexibility index (Phi) is 6.04. The molecule has 0 aliphatic rings. The van der Waals surface area contributed by atoms with Crippen molar-refractivity contribution in [3.05, 3.63) is 35.9 Å². The molecule has 0 aromatic heterocycles. The lowest BCUT2D eigenvalue weighted by Crippen LogP contribution is -2.14. The smallest absolute Gasteiger partial charge is 0.0205 e. The van der Waals surface area contributed by atoms with Gasteiger partial charge in [0, 0.05) is 6.54 Å². The first kappa shape index (κ1) is 11.2. The van der Waals surface area contributed by atoms with E-state index >= 15 is 0 Å². The van der Waals surface area contributed by atoms with Crippen LogP contribution in [-0.2, 0) is 6.54 Å². The maximum absolute atomic E-state index is 5.41. The molecular weight excluding hydrogens is 172 g/mol. The van der Waals surface area contributed by atoms with Crippen LogP contribution in [0.2, 0.25) is 0 Å². The van der Waals surface area contributed by atoms with Crippen LogP contribution in [0.5, 0.6) is 0 Å². The van der Waals surface area contributed by atoms with Gasteiger partial charge in [-0.15, -0.1) is 0 Å². The number of hydrogen-bond acceptors (Lipinski definition) is 2. The first-order valence-corrected chi connectivity index (χ1v) is 5.38. The minimum absolute atomic E-state index is 0.818. The number of benzene rings is 1. The number of nitrogens with two attached hydrogens (primary N) is 1. The predicted octanol–water partition coefficient (Wildman–Crippen LogP) is 1.91. The van der Waals surface area contributed by atoms with Gasteiger partial charge in [0.1, 0.15) is 0 Å². The second-order valence-corrected chi connectivity index (χ2v) is 3.51. The molecule has 1 rings (SSSR count). The van der Waals surface area contributed by atoms with Crippen molar-refractivity contribution < 1.29 is 0 Å². The van der Waals surface area contributed by atoms with E-state index in [0.29, 0.717) is 0 Å². The molecule has 0 saturated carbocycles. The fourth-order valence-corrected chi connectivity index (χ4v) is 1.40. The summed E-state index contributed by atoms with van der Waals surface area (Å²) in [5.74, 6) is 0. The lowest BCUT2D eigenvalue weighted by atomic mass is 10.2. The highest BCUT2D eigenvalue weighted by atomic mass is 14.8. The Labute approximate surface area is 86.5 Å². The minimum atomic E-state index is 0.818. The van der Waals surface area contributed by atoms with E-state index < -0.39 is 0 Å². The van der Waals surface area contributed by atoms with Crippen molar-refractivity contribution in [1.29, 1.82) is 0 Å². The Bertz CT molecular complexity index is 221. The van der Waals surface area contributed by atoms with Crippen LogP contribution in [0.3, 0.4) is 0 Å². The van der Waals surface area contributed by atoms with Gasteiger partial charge >= 0.3 is 0 Å². The normalized spacial score (nSPS) is 10.4. The van der Waals surface area contributed by atoms with Crippen molar-refractivity contribution >= 4 is 0 Å². The Morgan fingerprint density at radius 3 is 2.50 bits per heavy atom. The molecule has 3 N–H and O–H groups in total. The molecule has 0 fully saturated rings. The van der Waals surface area contributed by atoms with E-state index in [1.807, 2.05) is 6.07 Å². The minimum Gasteiger partial charge on any atom is -0.330 e. The summed E-state index contributed by atoms with van der Waals surface area (Å²) in [6.45, 7) is 2.89. The molecule has 14 heavy (non-hydrogen) atoms. The van der Waals surface area contributed by atoms with Crippen LogP contribution in [0, 0.1) is 0 Å². The summed E-state index contributed by atoms with van der Waals surface area (Å²) in [5, 5.41) is 3.42. The van der Waals surface area contributed by atoms with Crippen molar-refractivity contribution in [3.8, 4) is 0 Å². The summed E-state index contributed by atoms with van der Waals surface area (Å²) in [4.78, 5) is 0. The molecule has 0 bridgehead atoms. The van der Waals surface area contributed by atoms with E-state index in [2.05, 4.69) is 29.6 Å². The van der Waals surface area contributed by atoms with E-state index in [1.54, 1.807) is 0 Å². The van der Waals surface area contributed by atoms with Crippen molar-refractivity contribution in [1.82, 2.24) is 5.32 Å². The Balaban J connectivity index is 1.99. The molecule has 2 nitrogen and oxygen atoms in total. The van der Waals surface area contributed by atoms with Crippen LogP contribution in [-0.4, -0.2) is 13.1 Å². The van der Waals surface area contributed by atoms with Gasteiger partial charge in [-0.2, -0.15) is 0 Å². The summed E-state index contributed by atoms with van der Waals surface area (Å²) in [7, 11) is 0. The maximum atomic E-state index is 5.41. The predicted molar refractivity (Wildman–Crippen MR) is 61.1 cm³/mol. The van der Waals surface area contributed by atoms with Gasteiger partial charge in [0.2, 0.25) is 0 Å². The fourth-order valence-electron chi connectivity index (χ4n) is 1.40. The van der Waals surface area contributed by atoms with Gasteiger partial charge < -0.3 is 11.1 Å². The first-order valence-electron chi connectivity index (χ1n) is 5.38. The van der Waals surface area contributed by atoms with Gasteiger partial charge in [0.05, 0.1) is 0 Å². The molecular formula is C12H20N2. The second kappa shape index (κ2) is 7.54. The van der Waals surface area contributed by atoms with Crippen LogP contribution in [0.1, 0.15) is 24.8 Å². The zero-order chi connectivity index (χ0) is 10.1. The molecule has 0 aliphatic heterocycles. The quantitative estimate of drug-likeness (QED) is 0.648.